The molecule has 4 aromatic rings. The molecule has 0 saturated carbocycles. The minimum absolute atomic E-state index is 0.169. The SMILES string of the molecule is CCCCc1nc(Cl)c(COCc2sccc2C(=O)O)n1Cc1ccc(-c2ccccc2C(=O)O)cc1. The number of aryl methyl sites for hydroxylation is 1. The number of rotatable bonds is 12. The Morgan fingerprint density at radius 2 is 1.73 bits per heavy atom. The zero-order valence-electron chi connectivity index (χ0n) is 20.3. The lowest BCUT2D eigenvalue weighted by atomic mass is 9.99. The molecule has 0 saturated heterocycles. The first kappa shape index (κ1) is 26.6. The molecule has 7 nitrogen and oxygen atoms in total. The van der Waals surface area contributed by atoms with Crippen molar-refractivity contribution in [2.75, 3.05) is 0 Å². The number of hydrogen-bond donors (Lipinski definition) is 2. The van der Waals surface area contributed by atoms with Gasteiger partial charge in [-0.25, -0.2) is 14.6 Å². The molecule has 0 unspecified atom stereocenters. The minimum atomic E-state index is -0.973. The molecule has 2 aromatic carbocycles. The first-order chi connectivity index (χ1) is 17.9. The molecule has 0 aliphatic rings. The fourth-order valence-corrected chi connectivity index (χ4v) is 5.19. The van der Waals surface area contributed by atoms with E-state index in [9.17, 15) is 19.8 Å². The van der Waals surface area contributed by atoms with E-state index >= 15 is 0 Å². The summed E-state index contributed by atoms with van der Waals surface area (Å²) in [5.41, 5.74) is 3.75. The molecule has 2 heterocycles. The summed E-state index contributed by atoms with van der Waals surface area (Å²) < 4.78 is 7.95. The molecule has 37 heavy (non-hydrogen) atoms. The van der Waals surface area contributed by atoms with Crippen LogP contribution in [0.3, 0.4) is 0 Å². The van der Waals surface area contributed by atoms with Crippen LogP contribution in [0.5, 0.6) is 0 Å². The summed E-state index contributed by atoms with van der Waals surface area (Å²) in [6.07, 6.45) is 2.76. The van der Waals surface area contributed by atoms with Crippen LogP contribution in [-0.2, 0) is 30.9 Å². The molecule has 2 aromatic heterocycles. The van der Waals surface area contributed by atoms with Gasteiger partial charge in [0, 0.05) is 17.8 Å². The number of halogens is 1. The summed E-state index contributed by atoms with van der Waals surface area (Å²) in [5, 5.41) is 21.0. The highest BCUT2D eigenvalue weighted by atomic mass is 35.5. The van der Waals surface area contributed by atoms with Crippen LogP contribution in [0.15, 0.2) is 60.0 Å². The third-order valence-corrected chi connectivity index (χ3v) is 7.26. The zero-order valence-corrected chi connectivity index (χ0v) is 21.9. The van der Waals surface area contributed by atoms with Crippen molar-refractivity contribution >= 4 is 34.9 Å². The molecule has 0 radical (unpaired) electrons. The van der Waals surface area contributed by atoms with Crippen LogP contribution in [0.2, 0.25) is 5.15 Å². The van der Waals surface area contributed by atoms with Gasteiger partial charge in [-0.15, -0.1) is 11.3 Å². The average molecular weight is 539 g/mol. The van der Waals surface area contributed by atoms with E-state index in [0.717, 1.165) is 41.9 Å². The Morgan fingerprint density at radius 1 is 1.00 bits per heavy atom. The van der Waals surface area contributed by atoms with Crippen molar-refractivity contribution < 1.29 is 24.5 Å². The molecule has 2 N–H and O–H groups in total. The Bertz CT molecular complexity index is 1390. The Morgan fingerprint density at radius 3 is 2.43 bits per heavy atom. The number of carboxylic acids is 2. The summed E-state index contributed by atoms with van der Waals surface area (Å²) in [6.45, 7) is 3.01. The van der Waals surface area contributed by atoms with Crippen molar-refractivity contribution in [3.8, 4) is 11.1 Å². The number of carbonyl (C=O) groups is 2. The molecule has 0 spiro atoms. The highest BCUT2D eigenvalue weighted by Gasteiger charge is 2.18. The van der Waals surface area contributed by atoms with E-state index in [1.165, 1.54) is 11.3 Å². The monoisotopic (exact) mass is 538 g/mol. The second kappa shape index (κ2) is 12.2. The van der Waals surface area contributed by atoms with Crippen LogP contribution in [0.25, 0.3) is 11.1 Å². The van der Waals surface area contributed by atoms with Gasteiger partial charge in [-0.2, -0.15) is 0 Å². The molecular formula is C28H27ClN2O5S. The maximum absolute atomic E-state index is 11.6. The van der Waals surface area contributed by atoms with Crippen molar-refractivity contribution in [1.82, 2.24) is 9.55 Å². The Balaban J connectivity index is 1.56. The molecule has 4 rings (SSSR count). The number of carboxylic acid groups (broad SMARTS) is 2. The van der Waals surface area contributed by atoms with Crippen molar-refractivity contribution in [2.24, 2.45) is 0 Å². The number of unbranched alkanes of at least 4 members (excludes halogenated alkanes) is 1. The molecule has 0 atom stereocenters. The number of aromatic carboxylic acids is 2. The van der Waals surface area contributed by atoms with Crippen LogP contribution in [0.1, 0.15) is 62.4 Å². The van der Waals surface area contributed by atoms with E-state index < -0.39 is 11.9 Å². The maximum Gasteiger partial charge on any atom is 0.336 e. The number of imidazole rings is 1. The fraction of sp³-hybridized carbons (Fsp3) is 0.250. The Labute approximate surface area is 223 Å². The lowest BCUT2D eigenvalue weighted by Crippen LogP contribution is -2.10. The van der Waals surface area contributed by atoms with Crippen molar-refractivity contribution in [2.45, 2.75) is 45.9 Å². The zero-order chi connectivity index (χ0) is 26.4. The van der Waals surface area contributed by atoms with E-state index in [2.05, 4.69) is 16.5 Å². The van der Waals surface area contributed by atoms with Crippen LogP contribution >= 0.6 is 22.9 Å². The number of hydrogen-bond acceptors (Lipinski definition) is 5. The van der Waals surface area contributed by atoms with Crippen LogP contribution in [0, 0.1) is 0 Å². The molecule has 0 bridgehead atoms. The van der Waals surface area contributed by atoms with Gasteiger partial charge in [0.05, 0.1) is 30.0 Å². The third-order valence-electron chi connectivity index (χ3n) is 6.07. The van der Waals surface area contributed by atoms with Gasteiger partial charge in [0.25, 0.3) is 0 Å². The lowest BCUT2D eigenvalue weighted by molar-refractivity contribution is 0.0679. The van der Waals surface area contributed by atoms with Crippen molar-refractivity contribution in [3.05, 3.63) is 98.2 Å². The number of benzene rings is 2. The first-order valence-corrected chi connectivity index (χ1v) is 13.2. The molecule has 9 heteroatoms. The van der Waals surface area contributed by atoms with Crippen molar-refractivity contribution in [1.29, 1.82) is 0 Å². The molecule has 0 aliphatic carbocycles. The molecule has 0 fully saturated rings. The second-order valence-corrected chi connectivity index (χ2v) is 9.92. The number of nitrogens with zero attached hydrogens (tertiary/aromatic N) is 2. The van der Waals surface area contributed by atoms with Gasteiger partial charge in [0.15, 0.2) is 5.15 Å². The lowest BCUT2D eigenvalue weighted by Gasteiger charge is -2.14. The van der Waals surface area contributed by atoms with Gasteiger partial charge in [0.2, 0.25) is 0 Å². The van der Waals surface area contributed by atoms with E-state index in [1.807, 2.05) is 30.3 Å². The largest absolute Gasteiger partial charge is 0.478 e. The van der Waals surface area contributed by atoms with Gasteiger partial charge in [0.1, 0.15) is 5.82 Å². The van der Waals surface area contributed by atoms with Gasteiger partial charge in [-0.1, -0.05) is 67.4 Å². The van der Waals surface area contributed by atoms with E-state index in [-0.39, 0.29) is 24.3 Å². The smallest absolute Gasteiger partial charge is 0.336 e. The summed E-state index contributed by atoms with van der Waals surface area (Å²) in [5.74, 6) is -1.07. The summed E-state index contributed by atoms with van der Waals surface area (Å²) >= 11 is 7.88. The highest BCUT2D eigenvalue weighted by molar-refractivity contribution is 7.10. The number of ether oxygens (including phenoxy) is 1. The van der Waals surface area contributed by atoms with Gasteiger partial charge in [-0.3, -0.25) is 0 Å². The van der Waals surface area contributed by atoms with Crippen LogP contribution < -0.4 is 0 Å². The molecule has 192 valence electrons. The Hall–Kier alpha value is -3.46. The molecule has 0 aliphatic heterocycles. The van der Waals surface area contributed by atoms with Crippen LogP contribution in [0.4, 0.5) is 0 Å². The summed E-state index contributed by atoms with van der Waals surface area (Å²) in [4.78, 5) is 28.2. The van der Waals surface area contributed by atoms with E-state index in [0.29, 0.717) is 22.1 Å². The fourth-order valence-electron chi connectivity index (χ4n) is 4.13. The van der Waals surface area contributed by atoms with Gasteiger partial charge < -0.3 is 19.5 Å². The van der Waals surface area contributed by atoms with Crippen LogP contribution in [-0.4, -0.2) is 31.7 Å². The first-order valence-electron chi connectivity index (χ1n) is 11.9. The van der Waals surface area contributed by atoms with Gasteiger partial charge in [-0.05, 0) is 40.6 Å². The standard InChI is InChI=1S/C28H27ClN2O5S/c1-2-3-8-25-30-26(29)23(16-36-17-24-22(28(34)35)13-14-37-24)31(25)15-18-9-11-19(12-10-18)20-6-4-5-7-21(20)27(32)33/h4-7,9-14H,2-3,8,15-17H2,1H3,(H,32,33)(H,34,35). The minimum Gasteiger partial charge on any atom is -0.478 e. The molecule has 0 amide bonds. The normalized spacial score (nSPS) is 11.1. The highest BCUT2D eigenvalue weighted by Crippen LogP contribution is 2.27. The van der Waals surface area contributed by atoms with Gasteiger partial charge >= 0.3 is 11.9 Å². The quantitative estimate of drug-likeness (QED) is 0.206. The van der Waals surface area contributed by atoms with Crippen molar-refractivity contribution in [3.63, 3.8) is 0 Å². The van der Waals surface area contributed by atoms with E-state index in [1.54, 1.807) is 29.6 Å². The second-order valence-electron chi connectivity index (χ2n) is 8.56. The third kappa shape index (κ3) is 6.28. The molecular weight excluding hydrogens is 512 g/mol. The predicted molar refractivity (Wildman–Crippen MR) is 144 cm³/mol. The predicted octanol–water partition coefficient (Wildman–Crippen LogP) is 6.77. The maximum atomic E-state index is 11.6. The topological polar surface area (TPSA) is 102 Å². The Kier molecular flexibility index (Phi) is 8.76. The number of thiophene rings is 1. The number of aromatic nitrogens is 2. The van der Waals surface area contributed by atoms with E-state index in [4.69, 9.17) is 16.3 Å². The summed E-state index contributed by atoms with van der Waals surface area (Å²) in [7, 11) is 0. The summed E-state index contributed by atoms with van der Waals surface area (Å²) in [6, 6.07) is 16.3. The average Bonchev–Trinajstić information content (AvgIpc) is 3.48.